The summed E-state index contributed by atoms with van der Waals surface area (Å²) in [5.41, 5.74) is 4.90. The van der Waals surface area contributed by atoms with E-state index in [1.165, 1.54) is 37.0 Å². The second kappa shape index (κ2) is 10.6. The van der Waals surface area contributed by atoms with Crippen molar-refractivity contribution in [3.8, 4) is 23.7 Å². The van der Waals surface area contributed by atoms with Crippen LogP contribution in [0.5, 0.6) is 0 Å². The molecule has 4 rings (SSSR count). The van der Waals surface area contributed by atoms with Crippen molar-refractivity contribution in [1.82, 2.24) is 0 Å². The van der Waals surface area contributed by atoms with E-state index < -0.39 is 11.6 Å². The number of hydrogen-bond donors (Lipinski definition) is 0. The molecular formula is C31H24F2. The lowest BCUT2D eigenvalue weighted by Gasteiger charge is -2.00. The topological polar surface area (TPSA) is 0 Å². The summed E-state index contributed by atoms with van der Waals surface area (Å²) >= 11 is 0. The van der Waals surface area contributed by atoms with E-state index in [0.29, 0.717) is 10.8 Å². The van der Waals surface area contributed by atoms with Gasteiger partial charge in [-0.25, -0.2) is 8.78 Å². The molecule has 0 bridgehead atoms. The van der Waals surface area contributed by atoms with Crippen molar-refractivity contribution in [1.29, 1.82) is 0 Å². The second-order valence-electron chi connectivity index (χ2n) is 8.06. The fourth-order valence-electron chi connectivity index (χ4n) is 3.58. The van der Waals surface area contributed by atoms with Crippen LogP contribution in [0, 0.1) is 35.3 Å². The Bertz CT molecular complexity index is 1370. The number of aryl methyl sites for hydroxylation is 1. The number of rotatable bonds is 4. The first-order valence-corrected chi connectivity index (χ1v) is 11.2. The molecule has 0 nitrogen and oxygen atoms in total. The first kappa shape index (κ1) is 22.3. The lowest BCUT2D eigenvalue weighted by molar-refractivity contribution is 0.511. The minimum Gasteiger partial charge on any atom is -0.204 e. The van der Waals surface area contributed by atoms with Crippen LogP contribution in [0.3, 0.4) is 0 Å². The maximum Gasteiger partial charge on any atom is 0.159 e. The van der Waals surface area contributed by atoms with Gasteiger partial charge < -0.3 is 0 Å². The van der Waals surface area contributed by atoms with Crippen molar-refractivity contribution < 1.29 is 8.78 Å². The molecule has 0 heterocycles. The fraction of sp³-hybridized carbons (Fsp3) is 0.161. The standard InChI is InChI=1S/C31H24F2/c1-2-3-4-5-23-6-8-24(9-7-23)10-11-25-12-14-26(15-13-25)16-17-27-18-19-28-21-30(32)31(33)22-29(28)20-27/h6-9,12-15,18-22H,2-5H2,1H3. The van der Waals surface area contributed by atoms with E-state index in [1.54, 1.807) is 12.1 Å². The molecule has 0 aliphatic heterocycles. The van der Waals surface area contributed by atoms with E-state index in [4.69, 9.17) is 0 Å². The molecule has 0 amide bonds. The van der Waals surface area contributed by atoms with E-state index >= 15 is 0 Å². The van der Waals surface area contributed by atoms with Crippen LogP contribution in [0.25, 0.3) is 10.8 Å². The third-order valence-corrected chi connectivity index (χ3v) is 5.49. The molecule has 0 saturated carbocycles. The van der Waals surface area contributed by atoms with E-state index in [-0.39, 0.29) is 0 Å². The summed E-state index contributed by atoms with van der Waals surface area (Å²) in [6, 6.07) is 24.0. The van der Waals surface area contributed by atoms with Crippen molar-refractivity contribution in [2.45, 2.75) is 32.6 Å². The summed E-state index contributed by atoms with van der Waals surface area (Å²) < 4.78 is 26.9. The van der Waals surface area contributed by atoms with Gasteiger partial charge in [-0.15, -0.1) is 0 Å². The highest BCUT2D eigenvalue weighted by Crippen LogP contribution is 2.19. The molecule has 4 aromatic carbocycles. The van der Waals surface area contributed by atoms with Gasteiger partial charge in [-0.2, -0.15) is 0 Å². The summed E-state index contributed by atoms with van der Waals surface area (Å²) in [6.45, 7) is 2.22. The smallest absolute Gasteiger partial charge is 0.159 e. The molecular weight excluding hydrogens is 410 g/mol. The van der Waals surface area contributed by atoms with Crippen molar-refractivity contribution in [2.75, 3.05) is 0 Å². The number of unbranched alkanes of at least 4 members (excludes halogenated alkanes) is 2. The van der Waals surface area contributed by atoms with Gasteiger partial charge >= 0.3 is 0 Å². The SMILES string of the molecule is CCCCCc1ccc(C#Cc2ccc(C#Cc3ccc4cc(F)c(F)cc4c3)cc2)cc1. The van der Waals surface area contributed by atoms with Gasteiger partial charge in [0.1, 0.15) is 0 Å². The Morgan fingerprint density at radius 1 is 0.545 bits per heavy atom. The van der Waals surface area contributed by atoms with Gasteiger partial charge in [0, 0.05) is 22.3 Å². The molecule has 33 heavy (non-hydrogen) atoms. The van der Waals surface area contributed by atoms with E-state index in [2.05, 4.69) is 54.9 Å². The van der Waals surface area contributed by atoms with Gasteiger partial charge in [-0.05, 0) is 89.8 Å². The van der Waals surface area contributed by atoms with Gasteiger partial charge in [0.15, 0.2) is 11.6 Å². The van der Waals surface area contributed by atoms with Crippen LogP contribution < -0.4 is 0 Å². The quantitative estimate of drug-likeness (QED) is 0.229. The Kier molecular flexibility index (Phi) is 7.19. The third kappa shape index (κ3) is 6.09. The van der Waals surface area contributed by atoms with Crippen LogP contribution in [0.4, 0.5) is 8.78 Å². The normalized spacial score (nSPS) is 10.3. The first-order valence-electron chi connectivity index (χ1n) is 11.2. The first-order chi connectivity index (χ1) is 16.1. The van der Waals surface area contributed by atoms with E-state index in [1.807, 2.05) is 30.3 Å². The van der Waals surface area contributed by atoms with Crippen molar-refractivity contribution in [3.63, 3.8) is 0 Å². The highest BCUT2D eigenvalue weighted by Gasteiger charge is 2.04. The average molecular weight is 435 g/mol. The minimum absolute atomic E-state index is 0.625. The third-order valence-electron chi connectivity index (χ3n) is 5.49. The average Bonchev–Trinajstić information content (AvgIpc) is 2.84. The number of fused-ring (bicyclic) bond motifs is 1. The fourth-order valence-corrected chi connectivity index (χ4v) is 3.58. The maximum atomic E-state index is 13.5. The molecule has 2 heteroatoms. The lowest BCUT2D eigenvalue weighted by atomic mass is 10.1. The molecule has 0 fully saturated rings. The number of hydrogen-bond acceptors (Lipinski definition) is 0. The molecule has 0 radical (unpaired) electrons. The van der Waals surface area contributed by atoms with E-state index in [0.717, 1.165) is 28.7 Å². The van der Waals surface area contributed by atoms with Gasteiger partial charge in [0.05, 0.1) is 0 Å². The highest BCUT2D eigenvalue weighted by atomic mass is 19.2. The Hall–Kier alpha value is -3.88. The zero-order chi connectivity index (χ0) is 23.0. The maximum absolute atomic E-state index is 13.5. The zero-order valence-corrected chi connectivity index (χ0v) is 18.6. The second-order valence-corrected chi connectivity index (χ2v) is 8.06. The van der Waals surface area contributed by atoms with Crippen LogP contribution in [-0.4, -0.2) is 0 Å². The van der Waals surface area contributed by atoms with Crippen molar-refractivity contribution in [3.05, 3.63) is 118 Å². The molecule has 0 unspecified atom stereocenters. The summed E-state index contributed by atoms with van der Waals surface area (Å²) in [6.07, 6.45) is 4.86. The zero-order valence-electron chi connectivity index (χ0n) is 18.6. The lowest BCUT2D eigenvalue weighted by Crippen LogP contribution is -1.86. The summed E-state index contributed by atoms with van der Waals surface area (Å²) in [5.74, 6) is 10.9. The van der Waals surface area contributed by atoms with E-state index in [9.17, 15) is 8.78 Å². The number of halogens is 2. The Labute approximate surface area is 194 Å². The molecule has 0 aliphatic carbocycles. The number of benzene rings is 4. The van der Waals surface area contributed by atoms with Gasteiger partial charge in [-0.3, -0.25) is 0 Å². The highest BCUT2D eigenvalue weighted by molar-refractivity contribution is 5.84. The molecule has 4 aromatic rings. The largest absolute Gasteiger partial charge is 0.204 e. The van der Waals surface area contributed by atoms with Crippen LogP contribution in [0.1, 0.15) is 54.0 Å². The molecule has 0 saturated heterocycles. The van der Waals surface area contributed by atoms with Crippen LogP contribution in [-0.2, 0) is 6.42 Å². The van der Waals surface area contributed by atoms with Gasteiger partial charge in [0.2, 0.25) is 0 Å². The van der Waals surface area contributed by atoms with Crippen molar-refractivity contribution >= 4 is 10.8 Å². The van der Waals surface area contributed by atoms with Gasteiger partial charge in [-0.1, -0.05) is 61.6 Å². The van der Waals surface area contributed by atoms with Crippen LogP contribution >= 0.6 is 0 Å². The summed E-state index contributed by atoms with van der Waals surface area (Å²) in [5, 5.41) is 1.27. The molecule has 0 atom stereocenters. The Morgan fingerprint density at radius 2 is 1.03 bits per heavy atom. The molecule has 0 aliphatic rings. The predicted molar refractivity (Wildman–Crippen MR) is 132 cm³/mol. The molecule has 162 valence electrons. The Balaban J connectivity index is 1.42. The Morgan fingerprint density at radius 3 is 1.61 bits per heavy atom. The minimum atomic E-state index is -0.854. The molecule has 0 N–H and O–H groups in total. The van der Waals surface area contributed by atoms with Gasteiger partial charge in [0.25, 0.3) is 0 Å². The molecule has 0 spiro atoms. The summed E-state index contributed by atoms with van der Waals surface area (Å²) in [7, 11) is 0. The predicted octanol–water partition coefficient (Wildman–Crippen LogP) is 7.65. The van der Waals surface area contributed by atoms with Crippen LogP contribution in [0.15, 0.2) is 78.9 Å². The van der Waals surface area contributed by atoms with Crippen molar-refractivity contribution in [2.24, 2.45) is 0 Å². The molecule has 0 aromatic heterocycles. The summed E-state index contributed by atoms with van der Waals surface area (Å²) in [4.78, 5) is 0. The van der Waals surface area contributed by atoms with Crippen LogP contribution in [0.2, 0.25) is 0 Å². The monoisotopic (exact) mass is 434 g/mol.